The van der Waals surface area contributed by atoms with Gasteiger partial charge in [0.15, 0.2) is 0 Å². The van der Waals surface area contributed by atoms with Crippen molar-refractivity contribution in [3.63, 3.8) is 0 Å². The highest BCUT2D eigenvalue weighted by Gasteiger charge is 2.22. The third-order valence-electron chi connectivity index (χ3n) is 4.92. The first-order valence-corrected chi connectivity index (χ1v) is 9.26. The lowest BCUT2D eigenvalue weighted by Crippen LogP contribution is -2.50. The van der Waals surface area contributed by atoms with Crippen LogP contribution in [-0.2, 0) is 11.2 Å². The fourth-order valence-corrected chi connectivity index (χ4v) is 3.23. The zero-order chi connectivity index (χ0) is 17.5. The van der Waals surface area contributed by atoms with Gasteiger partial charge in [0.05, 0.1) is 0 Å². The van der Waals surface area contributed by atoms with Gasteiger partial charge >= 0.3 is 0 Å². The van der Waals surface area contributed by atoms with Crippen LogP contribution in [-0.4, -0.2) is 66.0 Å². The minimum absolute atomic E-state index is 0.277. The Morgan fingerprint density at radius 3 is 2.46 bits per heavy atom. The van der Waals surface area contributed by atoms with Gasteiger partial charge in [-0.3, -0.25) is 9.69 Å². The van der Waals surface area contributed by atoms with Crippen LogP contribution in [0.25, 0.3) is 0 Å². The van der Waals surface area contributed by atoms with Gasteiger partial charge in [0.2, 0.25) is 5.91 Å². The first kappa shape index (κ1) is 18.7. The molecule has 0 atom stereocenters. The fourth-order valence-electron chi connectivity index (χ4n) is 3.23. The Kier molecular flexibility index (Phi) is 7.03. The molecule has 0 N–H and O–H groups in total. The van der Waals surface area contributed by atoms with Gasteiger partial charge in [-0.1, -0.05) is 0 Å². The zero-order valence-corrected chi connectivity index (χ0v) is 15.7. The molecule has 2 heterocycles. The number of hydrogen-bond donors (Lipinski definition) is 0. The van der Waals surface area contributed by atoms with Crippen LogP contribution in [0.1, 0.15) is 39.7 Å². The molecule has 1 aromatic rings. The summed E-state index contributed by atoms with van der Waals surface area (Å²) < 4.78 is 0. The molecule has 1 amide bonds. The van der Waals surface area contributed by atoms with Crippen LogP contribution in [0.4, 0.5) is 5.82 Å². The van der Waals surface area contributed by atoms with Crippen LogP contribution in [0.15, 0.2) is 18.3 Å². The standard InChI is InChI=1S/C19H32N4O/c1-5-21(6-2)18-15-17(9-10-20-18)7-8-19(24)23-13-11-22(12-14-23)16(3)4/h9-10,15-16H,5-8,11-14H2,1-4H3. The summed E-state index contributed by atoms with van der Waals surface area (Å²) in [7, 11) is 0. The van der Waals surface area contributed by atoms with Crippen LogP contribution in [0, 0.1) is 0 Å². The third-order valence-corrected chi connectivity index (χ3v) is 4.92. The van der Waals surface area contributed by atoms with Gasteiger partial charge in [0.1, 0.15) is 5.82 Å². The lowest BCUT2D eigenvalue weighted by molar-refractivity contribution is -0.133. The quantitative estimate of drug-likeness (QED) is 0.769. The average molecular weight is 332 g/mol. The molecule has 134 valence electrons. The van der Waals surface area contributed by atoms with Crippen molar-refractivity contribution in [1.82, 2.24) is 14.8 Å². The van der Waals surface area contributed by atoms with Gasteiger partial charge in [-0.25, -0.2) is 4.98 Å². The third kappa shape index (κ3) is 4.94. The Morgan fingerprint density at radius 1 is 1.21 bits per heavy atom. The number of aromatic nitrogens is 1. The van der Waals surface area contributed by atoms with E-state index in [1.165, 1.54) is 5.56 Å². The molecule has 5 nitrogen and oxygen atoms in total. The molecule has 5 heteroatoms. The number of carbonyl (C=O) groups excluding carboxylic acids is 1. The first-order chi connectivity index (χ1) is 11.5. The Hall–Kier alpha value is -1.62. The molecule has 0 aromatic carbocycles. The molecule has 0 aliphatic carbocycles. The molecular weight excluding hydrogens is 300 g/mol. The number of pyridine rings is 1. The summed E-state index contributed by atoms with van der Waals surface area (Å²) in [6.07, 6.45) is 3.23. The maximum absolute atomic E-state index is 12.5. The van der Waals surface area contributed by atoms with E-state index in [0.717, 1.165) is 51.5 Å². The number of piperazine rings is 1. The summed E-state index contributed by atoms with van der Waals surface area (Å²) in [5.41, 5.74) is 1.20. The summed E-state index contributed by atoms with van der Waals surface area (Å²) in [5, 5.41) is 0. The van der Waals surface area contributed by atoms with E-state index in [-0.39, 0.29) is 5.91 Å². The molecule has 0 spiro atoms. The van der Waals surface area contributed by atoms with Crippen LogP contribution >= 0.6 is 0 Å². The Morgan fingerprint density at radius 2 is 1.88 bits per heavy atom. The lowest BCUT2D eigenvalue weighted by atomic mass is 10.1. The number of aryl methyl sites for hydroxylation is 1. The molecule has 1 fully saturated rings. The van der Waals surface area contributed by atoms with E-state index in [9.17, 15) is 4.79 Å². The minimum Gasteiger partial charge on any atom is -0.357 e. The van der Waals surface area contributed by atoms with Crippen LogP contribution in [0.3, 0.4) is 0 Å². The summed E-state index contributed by atoms with van der Waals surface area (Å²) in [6, 6.07) is 4.71. The van der Waals surface area contributed by atoms with Crippen molar-refractivity contribution < 1.29 is 4.79 Å². The summed E-state index contributed by atoms with van der Waals surface area (Å²) >= 11 is 0. The van der Waals surface area contributed by atoms with Gasteiger partial charge in [-0.2, -0.15) is 0 Å². The van der Waals surface area contributed by atoms with Crippen molar-refractivity contribution in [1.29, 1.82) is 0 Å². The molecule has 0 saturated carbocycles. The number of anilines is 1. The molecule has 1 saturated heterocycles. The highest BCUT2D eigenvalue weighted by Crippen LogP contribution is 2.15. The van der Waals surface area contributed by atoms with Gasteiger partial charge in [-0.05, 0) is 51.8 Å². The lowest BCUT2D eigenvalue weighted by Gasteiger charge is -2.37. The highest BCUT2D eigenvalue weighted by molar-refractivity contribution is 5.76. The van der Waals surface area contributed by atoms with Gasteiger partial charge in [-0.15, -0.1) is 0 Å². The molecule has 1 aromatic heterocycles. The Balaban J connectivity index is 1.85. The first-order valence-electron chi connectivity index (χ1n) is 9.26. The van der Waals surface area contributed by atoms with E-state index >= 15 is 0 Å². The van der Waals surface area contributed by atoms with Crippen molar-refractivity contribution >= 4 is 11.7 Å². The highest BCUT2D eigenvalue weighted by atomic mass is 16.2. The number of rotatable bonds is 7. The SMILES string of the molecule is CCN(CC)c1cc(CCC(=O)N2CCN(C(C)C)CC2)ccn1. The van der Waals surface area contributed by atoms with Crippen LogP contribution in [0.2, 0.25) is 0 Å². The molecule has 24 heavy (non-hydrogen) atoms. The van der Waals surface area contributed by atoms with Gasteiger partial charge in [0.25, 0.3) is 0 Å². The van der Waals surface area contributed by atoms with Crippen molar-refractivity contribution in [2.75, 3.05) is 44.2 Å². The maximum Gasteiger partial charge on any atom is 0.222 e. The minimum atomic E-state index is 0.277. The predicted molar refractivity (Wildman–Crippen MR) is 99.4 cm³/mol. The molecule has 2 rings (SSSR count). The Bertz CT molecular complexity index is 520. The van der Waals surface area contributed by atoms with Gasteiger partial charge in [0, 0.05) is 57.9 Å². The van der Waals surface area contributed by atoms with E-state index in [0.29, 0.717) is 12.5 Å². The second-order valence-electron chi connectivity index (χ2n) is 6.71. The molecule has 0 bridgehead atoms. The monoisotopic (exact) mass is 332 g/mol. The smallest absolute Gasteiger partial charge is 0.222 e. The van der Waals surface area contributed by atoms with Crippen LogP contribution < -0.4 is 4.90 Å². The Labute approximate surface area is 146 Å². The van der Waals surface area contributed by atoms with E-state index in [2.05, 4.69) is 48.5 Å². The number of nitrogens with zero attached hydrogens (tertiary/aromatic N) is 4. The van der Waals surface area contributed by atoms with E-state index in [1.54, 1.807) is 0 Å². The fraction of sp³-hybridized carbons (Fsp3) is 0.684. The largest absolute Gasteiger partial charge is 0.357 e. The molecule has 0 radical (unpaired) electrons. The average Bonchev–Trinajstić information content (AvgIpc) is 2.61. The summed E-state index contributed by atoms with van der Waals surface area (Å²) in [4.78, 5) is 23.6. The van der Waals surface area contributed by atoms with Crippen molar-refractivity contribution in [3.8, 4) is 0 Å². The number of carbonyl (C=O) groups is 1. The van der Waals surface area contributed by atoms with Crippen LogP contribution in [0.5, 0.6) is 0 Å². The second kappa shape index (κ2) is 9.02. The molecule has 1 aliphatic heterocycles. The zero-order valence-electron chi connectivity index (χ0n) is 15.7. The number of hydrogen-bond acceptors (Lipinski definition) is 4. The number of amides is 1. The maximum atomic E-state index is 12.5. The molecule has 0 unspecified atom stereocenters. The van der Waals surface area contributed by atoms with Gasteiger partial charge < -0.3 is 9.80 Å². The van der Waals surface area contributed by atoms with E-state index < -0.39 is 0 Å². The summed E-state index contributed by atoms with van der Waals surface area (Å²) in [5.74, 6) is 1.29. The van der Waals surface area contributed by atoms with Crippen molar-refractivity contribution in [2.24, 2.45) is 0 Å². The van der Waals surface area contributed by atoms with Crippen molar-refractivity contribution in [3.05, 3.63) is 23.9 Å². The predicted octanol–water partition coefficient (Wildman–Crippen LogP) is 2.41. The summed E-state index contributed by atoms with van der Waals surface area (Å²) in [6.45, 7) is 14.3. The topological polar surface area (TPSA) is 39.7 Å². The molecular formula is C19H32N4O. The van der Waals surface area contributed by atoms with E-state index in [4.69, 9.17) is 0 Å². The van der Waals surface area contributed by atoms with E-state index in [1.807, 2.05) is 17.2 Å². The molecule has 1 aliphatic rings. The second-order valence-corrected chi connectivity index (χ2v) is 6.71. The van der Waals surface area contributed by atoms with Crippen molar-refractivity contribution in [2.45, 2.75) is 46.6 Å². The normalized spacial score (nSPS) is 15.8.